The summed E-state index contributed by atoms with van der Waals surface area (Å²) in [7, 11) is 0. The third-order valence-electron chi connectivity index (χ3n) is 7.09. The molecule has 2 N–H and O–H groups in total. The molecule has 174 valence electrons. The highest BCUT2D eigenvalue weighted by molar-refractivity contribution is 6.31. The summed E-state index contributed by atoms with van der Waals surface area (Å²) in [4.78, 5) is 14.1. The number of nitrogens with one attached hydrogen (secondary N) is 2. The minimum Gasteiger partial charge on any atom is -0.371 e. The van der Waals surface area contributed by atoms with E-state index < -0.39 is 23.5 Å². The molecule has 2 unspecified atom stereocenters. The lowest BCUT2D eigenvalue weighted by molar-refractivity contribution is -0.137. The molecular weight excluding hydrogens is 434 g/mol. The lowest BCUT2D eigenvalue weighted by Crippen LogP contribution is -2.42. The van der Waals surface area contributed by atoms with E-state index in [4.69, 9.17) is 0 Å². The molecule has 1 saturated heterocycles. The van der Waals surface area contributed by atoms with Crippen LogP contribution in [-0.4, -0.2) is 19.0 Å². The predicted octanol–water partition coefficient (Wildman–Crippen LogP) is 6.27. The first-order chi connectivity index (χ1) is 15.8. The molecule has 0 spiro atoms. The van der Waals surface area contributed by atoms with Crippen molar-refractivity contribution < 1.29 is 22.4 Å². The number of carbonyl (C=O) groups is 1. The van der Waals surface area contributed by atoms with E-state index in [1.54, 1.807) is 12.1 Å². The van der Waals surface area contributed by atoms with Crippen LogP contribution in [0, 0.1) is 17.7 Å². The first-order valence-electron chi connectivity index (χ1n) is 11.3. The van der Waals surface area contributed by atoms with E-state index in [0.29, 0.717) is 30.6 Å². The number of hydrogen-bond donors (Lipinski definition) is 2. The van der Waals surface area contributed by atoms with E-state index in [0.717, 1.165) is 25.3 Å². The smallest absolute Gasteiger partial charge is 0.371 e. The zero-order valence-corrected chi connectivity index (χ0v) is 18.0. The zero-order valence-electron chi connectivity index (χ0n) is 18.0. The van der Waals surface area contributed by atoms with Crippen molar-refractivity contribution in [3.05, 3.63) is 59.5 Å². The van der Waals surface area contributed by atoms with Crippen LogP contribution in [-0.2, 0) is 11.0 Å². The summed E-state index contributed by atoms with van der Waals surface area (Å²) in [6.07, 6.45) is 2.29. The molecule has 2 aromatic carbocycles. The summed E-state index contributed by atoms with van der Waals surface area (Å²) in [5, 5.41) is 5.33. The molecular formula is C25H25F4N3O. The number of rotatable bonds is 3. The molecule has 3 aliphatic rings. The van der Waals surface area contributed by atoms with Gasteiger partial charge in [0.15, 0.2) is 0 Å². The topological polar surface area (TPSA) is 44.4 Å². The van der Waals surface area contributed by atoms with Gasteiger partial charge in [-0.3, -0.25) is 4.79 Å². The molecule has 1 aliphatic carbocycles. The highest BCUT2D eigenvalue weighted by Gasteiger charge is 2.38. The number of halogens is 4. The standard InChI is InChI=1S/C25H25F4N3O/c26-20-6-3-7-21-23(20)18(24(33)31-21)13-30-17-8-9-22(19(12-17)25(27,28)29)32-11-10-15-4-1-2-5-16(15)14-32/h3,6-9,12-13,15-16,30H,1-2,4-5,10-11,14H2,(H,31,33). The number of anilines is 3. The number of piperidine rings is 1. The molecule has 1 amide bonds. The van der Waals surface area contributed by atoms with Crippen LogP contribution in [0.5, 0.6) is 0 Å². The number of carbonyl (C=O) groups excluding carboxylic acids is 1. The Morgan fingerprint density at radius 3 is 2.64 bits per heavy atom. The summed E-state index contributed by atoms with van der Waals surface area (Å²) in [5.74, 6) is -0.00773. The van der Waals surface area contributed by atoms with E-state index in [1.165, 1.54) is 37.2 Å². The third kappa shape index (κ3) is 4.18. The number of fused-ring (bicyclic) bond motifs is 2. The second-order valence-electron chi connectivity index (χ2n) is 9.09. The number of nitrogens with zero attached hydrogens (tertiary/aromatic N) is 1. The van der Waals surface area contributed by atoms with Crippen LogP contribution >= 0.6 is 0 Å². The fourth-order valence-corrected chi connectivity index (χ4v) is 5.45. The van der Waals surface area contributed by atoms with Crippen LogP contribution in [0.2, 0.25) is 0 Å². The average molecular weight is 459 g/mol. The van der Waals surface area contributed by atoms with Crippen LogP contribution in [0.3, 0.4) is 0 Å². The Labute approximate surface area is 189 Å². The highest BCUT2D eigenvalue weighted by atomic mass is 19.4. The van der Waals surface area contributed by atoms with Gasteiger partial charge in [0.1, 0.15) is 5.82 Å². The Morgan fingerprint density at radius 2 is 1.85 bits per heavy atom. The Bertz CT molecular complexity index is 1110. The number of hydrogen-bond acceptors (Lipinski definition) is 3. The van der Waals surface area contributed by atoms with Crippen molar-refractivity contribution >= 4 is 28.5 Å². The molecule has 0 radical (unpaired) electrons. The van der Waals surface area contributed by atoms with Crippen molar-refractivity contribution in [1.82, 2.24) is 0 Å². The van der Waals surface area contributed by atoms with E-state index >= 15 is 0 Å². The molecule has 2 heterocycles. The zero-order chi connectivity index (χ0) is 23.2. The molecule has 2 aromatic rings. The molecule has 4 nitrogen and oxygen atoms in total. The SMILES string of the molecule is O=C1Nc2cccc(F)c2C1=CNc1ccc(N2CCC3CCCCC3C2)c(C(F)(F)F)c1. The Kier molecular flexibility index (Phi) is 5.54. The summed E-state index contributed by atoms with van der Waals surface area (Å²) in [5.41, 5.74) is 0.162. The van der Waals surface area contributed by atoms with Gasteiger partial charge in [0.25, 0.3) is 5.91 Å². The third-order valence-corrected chi connectivity index (χ3v) is 7.09. The van der Waals surface area contributed by atoms with Crippen molar-refractivity contribution in [2.45, 2.75) is 38.3 Å². The molecule has 2 fully saturated rings. The highest BCUT2D eigenvalue weighted by Crippen LogP contribution is 2.43. The van der Waals surface area contributed by atoms with Crippen LogP contribution in [0.1, 0.15) is 43.2 Å². The summed E-state index contributed by atoms with van der Waals surface area (Å²) in [6, 6.07) is 8.42. The lowest BCUT2D eigenvalue weighted by Gasteiger charge is -2.43. The Morgan fingerprint density at radius 1 is 1.06 bits per heavy atom. The van der Waals surface area contributed by atoms with Gasteiger partial charge in [-0.1, -0.05) is 25.3 Å². The maximum Gasteiger partial charge on any atom is 0.418 e. The summed E-state index contributed by atoms with van der Waals surface area (Å²) < 4.78 is 56.2. The fraction of sp³-hybridized carbons (Fsp3) is 0.400. The number of benzene rings is 2. The molecule has 1 saturated carbocycles. The van der Waals surface area contributed by atoms with Crippen molar-refractivity contribution in [2.75, 3.05) is 28.6 Å². The van der Waals surface area contributed by atoms with Crippen molar-refractivity contribution in [1.29, 1.82) is 0 Å². The minimum absolute atomic E-state index is 0.0418. The van der Waals surface area contributed by atoms with Crippen molar-refractivity contribution in [3.8, 4) is 0 Å². The van der Waals surface area contributed by atoms with Gasteiger partial charge in [0.2, 0.25) is 0 Å². The van der Waals surface area contributed by atoms with Gasteiger partial charge >= 0.3 is 6.18 Å². The summed E-state index contributed by atoms with van der Waals surface area (Å²) in [6.45, 7) is 1.28. The minimum atomic E-state index is -4.52. The maximum atomic E-state index is 14.2. The van der Waals surface area contributed by atoms with E-state index in [1.807, 2.05) is 4.90 Å². The fourth-order valence-electron chi connectivity index (χ4n) is 5.45. The van der Waals surface area contributed by atoms with E-state index in [9.17, 15) is 22.4 Å². The van der Waals surface area contributed by atoms with Gasteiger partial charge in [-0.25, -0.2) is 4.39 Å². The molecule has 33 heavy (non-hydrogen) atoms. The quantitative estimate of drug-likeness (QED) is 0.420. The largest absolute Gasteiger partial charge is 0.418 e. The lowest BCUT2D eigenvalue weighted by atomic mass is 9.75. The van der Waals surface area contributed by atoms with Gasteiger partial charge in [0, 0.05) is 36.2 Å². The average Bonchev–Trinajstić information content (AvgIpc) is 3.13. The van der Waals surface area contributed by atoms with Crippen molar-refractivity contribution in [2.24, 2.45) is 11.8 Å². The molecule has 2 aliphatic heterocycles. The van der Waals surface area contributed by atoms with E-state index in [2.05, 4.69) is 10.6 Å². The van der Waals surface area contributed by atoms with Crippen LogP contribution in [0.4, 0.5) is 34.6 Å². The van der Waals surface area contributed by atoms with Gasteiger partial charge in [0.05, 0.1) is 16.8 Å². The monoisotopic (exact) mass is 459 g/mol. The maximum absolute atomic E-state index is 14.2. The first kappa shape index (κ1) is 21.8. The number of amides is 1. The van der Waals surface area contributed by atoms with Gasteiger partial charge < -0.3 is 15.5 Å². The molecule has 8 heteroatoms. The van der Waals surface area contributed by atoms with Crippen LogP contribution < -0.4 is 15.5 Å². The second kappa shape index (κ2) is 8.39. The number of alkyl halides is 3. The first-order valence-corrected chi connectivity index (χ1v) is 11.3. The predicted molar refractivity (Wildman–Crippen MR) is 120 cm³/mol. The van der Waals surface area contributed by atoms with Crippen molar-refractivity contribution in [3.63, 3.8) is 0 Å². The van der Waals surface area contributed by atoms with Crippen LogP contribution in [0.25, 0.3) is 5.57 Å². The molecule has 0 aromatic heterocycles. The normalized spacial score (nSPS) is 23.8. The Balaban J connectivity index is 1.42. The van der Waals surface area contributed by atoms with E-state index in [-0.39, 0.29) is 22.5 Å². The molecule has 2 atom stereocenters. The van der Waals surface area contributed by atoms with Gasteiger partial charge in [-0.2, -0.15) is 13.2 Å². The molecule has 0 bridgehead atoms. The van der Waals surface area contributed by atoms with Gasteiger partial charge in [-0.15, -0.1) is 0 Å². The van der Waals surface area contributed by atoms with Gasteiger partial charge in [-0.05, 0) is 55.0 Å². The summed E-state index contributed by atoms with van der Waals surface area (Å²) >= 11 is 0. The van der Waals surface area contributed by atoms with Crippen LogP contribution in [0.15, 0.2) is 42.6 Å². The molecule has 5 rings (SSSR count). The second-order valence-corrected chi connectivity index (χ2v) is 9.09. The Hall–Kier alpha value is -3.03.